The van der Waals surface area contributed by atoms with Crippen molar-refractivity contribution in [3.8, 4) is 5.69 Å². The van der Waals surface area contributed by atoms with Gasteiger partial charge in [-0.2, -0.15) is 0 Å². The van der Waals surface area contributed by atoms with Crippen molar-refractivity contribution < 1.29 is 0 Å². The lowest BCUT2D eigenvalue weighted by molar-refractivity contribution is 0.788. The van der Waals surface area contributed by atoms with Crippen molar-refractivity contribution in [2.24, 2.45) is 5.73 Å². The van der Waals surface area contributed by atoms with Crippen LogP contribution in [0.4, 0.5) is 0 Å². The van der Waals surface area contributed by atoms with Crippen molar-refractivity contribution in [3.63, 3.8) is 0 Å². The van der Waals surface area contributed by atoms with Gasteiger partial charge < -0.3 is 10.3 Å². The topological polar surface area (TPSA) is 43.8 Å². The van der Waals surface area contributed by atoms with Crippen LogP contribution in [0.3, 0.4) is 0 Å². The fourth-order valence-corrected chi connectivity index (χ4v) is 1.76. The van der Waals surface area contributed by atoms with Gasteiger partial charge in [0, 0.05) is 17.9 Å². The molecule has 1 heterocycles. The van der Waals surface area contributed by atoms with Crippen LogP contribution in [0.1, 0.15) is 44.0 Å². The lowest BCUT2D eigenvalue weighted by atomic mass is 10.0. The Morgan fingerprint density at radius 2 is 2.00 bits per heavy atom. The van der Waals surface area contributed by atoms with E-state index in [-0.39, 0.29) is 6.04 Å². The van der Waals surface area contributed by atoms with E-state index in [4.69, 9.17) is 5.73 Å². The molecule has 0 aliphatic heterocycles. The summed E-state index contributed by atoms with van der Waals surface area (Å²) in [6.45, 7) is 6.33. The predicted octanol–water partition coefficient (Wildman–Crippen LogP) is 3.02. The zero-order valence-electron chi connectivity index (χ0n) is 10.6. The fraction of sp³-hybridized carbons (Fsp3) is 0.357. The second kappa shape index (κ2) is 4.72. The molecule has 0 fully saturated rings. The number of hydrogen-bond acceptors (Lipinski definition) is 2. The van der Waals surface area contributed by atoms with Crippen LogP contribution in [0.25, 0.3) is 5.69 Å². The average molecular weight is 229 g/mol. The molecule has 0 unspecified atom stereocenters. The zero-order chi connectivity index (χ0) is 12.4. The molecule has 1 aromatic heterocycles. The van der Waals surface area contributed by atoms with E-state index < -0.39 is 0 Å². The minimum absolute atomic E-state index is 0.0236. The molecule has 1 aromatic carbocycles. The Morgan fingerprint density at radius 1 is 1.24 bits per heavy atom. The van der Waals surface area contributed by atoms with Crippen LogP contribution < -0.4 is 5.73 Å². The van der Waals surface area contributed by atoms with Crippen LogP contribution in [0.5, 0.6) is 0 Å². The van der Waals surface area contributed by atoms with Gasteiger partial charge in [0.25, 0.3) is 0 Å². The van der Waals surface area contributed by atoms with E-state index in [1.165, 1.54) is 5.56 Å². The maximum absolute atomic E-state index is 5.81. The second-order valence-electron chi connectivity index (χ2n) is 4.74. The maximum atomic E-state index is 5.81. The molecule has 0 spiro atoms. The summed E-state index contributed by atoms with van der Waals surface area (Å²) >= 11 is 0. The molecule has 0 aliphatic rings. The highest BCUT2D eigenvalue weighted by Gasteiger charge is 2.06. The number of benzene rings is 1. The molecule has 2 N–H and O–H groups in total. The van der Waals surface area contributed by atoms with E-state index in [2.05, 4.69) is 43.1 Å². The van der Waals surface area contributed by atoms with Gasteiger partial charge in [0.1, 0.15) is 0 Å². The van der Waals surface area contributed by atoms with Gasteiger partial charge in [0.2, 0.25) is 0 Å². The second-order valence-corrected chi connectivity index (χ2v) is 4.74. The molecule has 2 rings (SSSR count). The molecule has 0 aliphatic carbocycles. The molecule has 3 heteroatoms. The highest BCUT2D eigenvalue weighted by Crippen LogP contribution is 2.19. The third kappa shape index (κ3) is 2.56. The Kier molecular flexibility index (Phi) is 3.29. The molecule has 0 saturated carbocycles. The Morgan fingerprint density at radius 3 is 2.59 bits per heavy atom. The first-order chi connectivity index (χ1) is 8.08. The van der Waals surface area contributed by atoms with Gasteiger partial charge >= 0.3 is 0 Å². The molecular weight excluding hydrogens is 210 g/mol. The zero-order valence-corrected chi connectivity index (χ0v) is 10.6. The van der Waals surface area contributed by atoms with Crippen LogP contribution in [0, 0.1) is 0 Å². The van der Waals surface area contributed by atoms with Crippen LogP contribution in [0.2, 0.25) is 0 Å². The number of imidazole rings is 1. The van der Waals surface area contributed by atoms with Crippen LogP contribution in [-0.4, -0.2) is 9.55 Å². The quantitative estimate of drug-likeness (QED) is 0.879. The number of aromatic nitrogens is 2. The number of rotatable bonds is 3. The van der Waals surface area contributed by atoms with E-state index in [0.29, 0.717) is 5.92 Å². The molecule has 90 valence electrons. The van der Waals surface area contributed by atoms with Gasteiger partial charge in [-0.25, -0.2) is 4.98 Å². The van der Waals surface area contributed by atoms with E-state index in [1.54, 1.807) is 0 Å². The van der Waals surface area contributed by atoms with Crippen molar-refractivity contribution in [3.05, 3.63) is 48.0 Å². The highest BCUT2D eigenvalue weighted by molar-refractivity contribution is 5.37. The Bertz CT molecular complexity index is 498. The summed E-state index contributed by atoms with van der Waals surface area (Å²) in [5, 5.41) is 0. The summed E-state index contributed by atoms with van der Waals surface area (Å²) in [6, 6.07) is 8.48. The lowest BCUT2D eigenvalue weighted by Gasteiger charge is -2.08. The maximum Gasteiger partial charge on any atom is 0.0995 e. The summed E-state index contributed by atoms with van der Waals surface area (Å²) in [5.41, 5.74) is 9.19. The van der Waals surface area contributed by atoms with Crippen molar-refractivity contribution in [2.75, 3.05) is 0 Å². The number of nitrogens with two attached hydrogens (primary N) is 1. The number of nitrogens with zero attached hydrogens (tertiary/aromatic N) is 2. The summed E-state index contributed by atoms with van der Waals surface area (Å²) in [7, 11) is 0. The van der Waals surface area contributed by atoms with Gasteiger partial charge in [-0.1, -0.05) is 26.0 Å². The summed E-state index contributed by atoms with van der Waals surface area (Å²) < 4.78 is 2.02. The van der Waals surface area contributed by atoms with Crippen molar-refractivity contribution in [1.29, 1.82) is 0 Å². The summed E-state index contributed by atoms with van der Waals surface area (Å²) in [4.78, 5) is 4.30. The first kappa shape index (κ1) is 11.9. The van der Waals surface area contributed by atoms with Crippen LogP contribution >= 0.6 is 0 Å². The van der Waals surface area contributed by atoms with Gasteiger partial charge in [-0.05, 0) is 30.5 Å². The number of hydrogen-bond donors (Lipinski definition) is 1. The first-order valence-corrected chi connectivity index (χ1v) is 5.97. The molecule has 1 atom stereocenters. The molecule has 0 radical (unpaired) electrons. The van der Waals surface area contributed by atoms with Gasteiger partial charge in [-0.15, -0.1) is 0 Å². The van der Waals surface area contributed by atoms with Crippen molar-refractivity contribution in [2.45, 2.75) is 32.7 Å². The Labute approximate surface area is 102 Å². The minimum Gasteiger partial charge on any atom is -0.323 e. The van der Waals surface area contributed by atoms with Crippen LogP contribution in [-0.2, 0) is 0 Å². The van der Waals surface area contributed by atoms with Crippen molar-refractivity contribution >= 4 is 0 Å². The average Bonchev–Trinajstić information content (AvgIpc) is 2.78. The monoisotopic (exact) mass is 229 g/mol. The molecule has 17 heavy (non-hydrogen) atoms. The smallest absolute Gasteiger partial charge is 0.0995 e. The highest BCUT2D eigenvalue weighted by atomic mass is 15.0. The summed E-state index contributed by atoms with van der Waals surface area (Å²) in [6.07, 6.45) is 3.81. The van der Waals surface area contributed by atoms with E-state index in [9.17, 15) is 0 Å². The fourth-order valence-electron chi connectivity index (χ4n) is 1.76. The summed E-state index contributed by atoms with van der Waals surface area (Å²) in [5.74, 6) is 0.534. The molecule has 2 aromatic rings. The third-order valence-corrected chi connectivity index (χ3v) is 2.90. The molecular formula is C14H19N3. The normalized spacial score (nSPS) is 13.0. The predicted molar refractivity (Wildman–Crippen MR) is 70.3 cm³/mol. The lowest BCUT2D eigenvalue weighted by Crippen LogP contribution is -2.04. The standard InChI is InChI=1S/C14H19N3/c1-10(2)12-5-4-6-13(7-12)17-8-14(11(3)15)16-9-17/h4-11H,15H2,1-3H3/t11-/m0/s1. The minimum atomic E-state index is -0.0236. The van der Waals surface area contributed by atoms with Gasteiger partial charge in [-0.3, -0.25) is 0 Å². The van der Waals surface area contributed by atoms with E-state index in [1.807, 2.05) is 24.0 Å². The Hall–Kier alpha value is -1.61. The first-order valence-electron chi connectivity index (χ1n) is 5.97. The van der Waals surface area contributed by atoms with Gasteiger partial charge in [0.15, 0.2) is 0 Å². The molecule has 0 saturated heterocycles. The molecule has 0 bridgehead atoms. The molecule has 0 amide bonds. The van der Waals surface area contributed by atoms with E-state index >= 15 is 0 Å². The van der Waals surface area contributed by atoms with Gasteiger partial charge in [0.05, 0.1) is 12.0 Å². The van der Waals surface area contributed by atoms with E-state index in [0.717, 1.165) is 11.4 Å². The SMILES string of the molecule is CC(C)c1cccc(-n2cnc([C@H](C)N)c2)c1. The Balaban J connectivity index is 2.35. The van der Waals surface area contributed by atoms with Crippen LogP contribution in [0.15, 0.2) is 36.8 Å². The largest absolute Gasteiger partial charge is 0.323 e. The molecule has 3 nitrogen and oxygen atoms in total. The van der Waals surface area contributed by atoms with Crippen molar-refractivity contribution in [1.82, 2.24) is 9.55 Å². The third-order valence-electron chi connectivity index (χ3n) is 2.90.